The van der Waals surface area contributed by atoms with Crippen molar-refractivity contribution in [3.63, 3.8) is 0 Å². The van der Waals surface area contributed by atoms with Gasteiger partial charge in [-0.3, -0.25) is 9.59 Å². The van der Waals surface area contributed by atoms with Crippen LogP contribution in [-0.4, -0.2) is 22.9 Å². The predicted molar refractivity (Wildman–Crippen MR) is 104 cm³/mol. The summed E-state index contributed by atoms with van der Waals surface area (Å²) < 4.78 is 26.9. The van der Waals surface area contributed by atoms with Crippen LogP contribution in [0.5, 0.6) is 0 Å². The van der Waals surface area contributed by atoms with Crippen LogP contribution in [0.4, 0.5) is 14.5 Å². The second-order valence-electron chi connectivity index (χ2n) is 6.79. The van der Waals surface area contributed by atoms with Crippen molar-refractivity contribution in [3.8, 4) is 11.1 Å². The zero-order chi connectivity index (χ0) is 21.6. The van der Waals surface area contributed by atoms with Crippen LogP contribution in [0.1, 0.15) is 36.6 Å². The number of benzene rings is 3. The van der Waals surface area contributed by atoms with Crippen LogP contribution in [0.25, 0.3) is 11.1 Å². The first-order valence-electron chi connectivity index (χ1n) is 8.83. The van der Waals surface area contributed by atoms with Gasteiger partial charge in [0, 0.05) is 11.1 Å². The number of aromatic carboxylic acids is 1. The van der Waals surface area contributed by atoms with Gasteiger partial charge in [-0.15, -0.1) is 0 Å². The minimum atomic E-state index is -1.25. The molecule has 3 N–H and O–H groups in total. The molecule has 150 valence electrons. The van der Waals surface area contributed by atoms with E-state index in [9.17, 15) is 28.3 Å². The molecule has 1 aliphatic heterocycles. The Kier molecular flexibility index (Phi) is 4.54. The van der Waals surface area contributed by atoms with E-state index in [1.807, 2.05) is 0 Å². The van der Waals surface area contributed by atoms with Gasteiger partial charge in [0.05, 0.1) is 17.8 Å². The first-order valence-corrected chi connectivity index (χ1v) is 8.83. The Morgan fingerprint density at radius 3 is 2.30 bits per heavy atom. The first-order chi connectivity index (χ1) is 14.3. The molecule has 0 bridgehead atoms. The number of fused-ring (bicyclic) bond motifs is 1. The fourth-order valence-corrected chi connectivity index (χ4v) is 3.44. The maximum absolute atomic E-state index is 13.6. The molecule has 0 saturated heterocycles. The van der Waals surface area contributed by atoms with E-state index < -0.39 is 29.4 Å². The normalized spacial score (nSPS) is 12.7. The fraction of sp³-hybridized carbons (Fsp3) is 0.0455. The summed E-state index contributed by atoms with van der Waals surface area (Å²) in [5.74, 6) is -4.46. The molecule has 0 aliphatic carbocycles. The average molecular weight is 408 g/mol. The molecule has 2 amide bonds. The maximum atomic E-state index is 13.6. The molecule has 30 heavy (non-hydrogen) atoms. The number of anilines is 1. The minimum absolute atomic E-state index is 0.0920. The molecule has 0 unspecified atom stereocenters. The molecule has 0 atom stereocenters. The number of nitrogens with two attached hydrogens (primary N) is 1. The molecule has 0 spiro atoms. The number of halogens is 2. The number of amides is 2. The highest BCUT2D eigenvalue weighted by Crippen LogP contribution is 2.34. The minimum Gasteiger partial charge on any atom is -0.478 e. The van der Waals surface area contributed by atoms with Crippen LogP contribution < -0.4 is 10.6 Å². The lowest BCUT2D eigenvalue weighted by Gasteiger charge is -2.19. The Balaban J connectivity index is 1.81. The molecule has 8 heteroatoms. The number of carbonyl (C=O) groups is 3. The topological polar surface area (TPSA) is 101 Å². The number of hydrogen-bond acceptors (Lipinski definition) is 3. The van der Waals surface area contributed by atoms with Crippen LogP contribution in [-0.2, 0) is 6.54 Å². The van der Waals surface area contributed by atoms with Crippen LogP contribution in [0.2, 0.25) is 0 Å². The van der Waals surface area contributed by atoms with E-state index in [1.54, 1.807) is 6.07 Å². The Hall–Kier alpha value is -4.07. The third kappa shape index (κ3) is 3.18. The number of carbonyl (C=O) groups excluding carboxylic acids is 2. The molecule has 4 rings (SSSR count). The molecule has 6 nitrogen and oxygen atoms in total. The zero-order valence-corrected chi connectivity index (χ0v) is 15.4. The van der Waals surface area contributed by atoms with Crippen molar-refractivity contribution in [1.82, 2.24) is 0 Å². The summed E-state index contributed by atoms with van der Waals surface area (Å²) in [6.07, 6.45) is 0. The van der Waals surface area contributed by atoms with Gasteiger partial charge in [0.25, 0.3) is 5.91 Å². The summed E-state index contributed by atoms with van der Waals surface area (Å²) in [7, 11) is 0. The monoisotopic (exact) mass is 408 g/mol. The van der Waals surface area contributed by atoms with Gasteiger partial charge < -0.3 is 15.7 Å². The van der Waals surface area contributed by atoms with Crippen molar-refractivity contribution in [2.45, 2.75) is 6.54 Å². The fourth-order valence-electron chi connectivity index (χ4n) is 3.44. The van der Waals surface area contributed by atoms with Gasteiger partial charge in [-0.2, -0.15) is 0 Å². The molecule has 0 saturated carbocycles. The van der Waals surface area contributed by atoms with Crippen molar-refractivity contribution in [3.05, 3.63) is 88.5 Å². The van der Waals surface area contributed by atoms with Crippen LogP contribution in [0, 0.1) is 11.6 Å². The number of carboxylic acid groups (broad SMARTS) is 1. The predicted octanol–water partition coefficient (Wildman–Crippen LogP) is 3.59. The van der Waals surface area contributed by atoms with E-state index in [0.717, 1.165) is 12.1 Å². The molecule has 3 aromatic rings. The van der Waals surface area contributed by atoms with E-state index in [2.05, 4.69) is 0 Å². The second kappa shape index (κ2) is 7.07. The third-order valence-corrected chi connectivity index (χ3v) is 4.97. The third-order valence-electron chi connectivity index (χ3n) is 4.97. The van der Waals surface area contributed by atoms with Gasteiger partial charge in [0.2, 0.25) is 5.91 Å². The number of primary amides is 1. The van der Waals surface area contributed by atoms with Crippen molar-refractivity contribution in [1.29, 1.82) is 0 Å². The molecule has 0 fully saturated rings. The molecular weight excluding hydrogens is 394 g/mol. The average Bonchev–Trinajstić information content (AvgIpc) is 3.05. The number of nitrogens with zero attached hydrogens (tertiary/aromatic N) is 1. The lowest BCUT2D eigenvalue weighted by Crippen LogP contribution is -2.25. The molecule has 0 aromatic heterocycles. The van der Waals surface area contributed by atoms with Crippen molar-refractivity contribution >= 4 is 23.5 Å². The van der Waals surface area contributed by atoms with E-state index in [0.29, 0.717) is 16.7 Å². The zero-order valence-electron chi connectivity index (χ0n) is 15.4. The van der Waals surface area contributed by atoms with Crippen molar-refractivity contribution in [2.75, 3.05) is 4.90 Å². The summed E-state index contributed by atoms with van der Waals surface area (Å²) in [5, 5.41) is 9.58. The Morgan fingerprint density at radius 1 is 0.933 bits per heavy atom. The van der Waals surface area contributed by atoms with Crippen LogP contribution in [0.3, 0.4) is 0 Å². The first kappa shape index (κ1) is 19.3. The summed E-state index contributed by atoms with van der Waals surface area (Å²) in [6.45, 7) is 0.0920. The molecular formula is C22H14F2N2O4. The van der Waals surface area contributed by atoms with E-state index in [4.69, 9.17) is 5.73 Å². The SMILES string of the molecule is NC(=O)c1ccc2c(c1)C(=O)N(c1cc(-c3ccc(F)c(F)c3)ccc1C(=O)O)C2. The largest absolute Gasteiger partial charge is 0.478 e. The standard InChI is InChI=1S/C22H14F2N2O4/c23-17-6-4-11(8-18(17)24)12-3-5-15(22(29)30)19(9-12)26-10-14-2-1-13(20(25)27)7-16(14)21(26)28/h1-9H,10H2,(H2,25,27)(H,29,30). The summed E-state index contributed by atoms with van der Waals surface area (Å²) in [4.78, 5) is 37.4. The van der Waals surface area contributed by atoms with Gasteiger partial charge in [-0.1, -0.05) is 18.2 Å². The van der Waals surface area contributed by atoms with Gasteiger partial charge in [-0.25, -0.2) is 13.6 Å². The van der Waals surface area contributed by atoms with E-state index in [-0.39, 0.29) is 28.9 Å². The summed E-state index contributed by atoms with van der Waals surface area (Å²) >= 11 is 0. The van der Waals surface area contributed by atoms with Gasteiger partial charge >= 0.3 is 5.97 Å². The van der Waals surface area contributed by atoms with E-state index in [1.165, 1.54) is 41.3 Å². The smallest absolute Gasteiger partial charge is 0.337 e. The molecule has 0 radical (unpaired) electrons. The Morgan fingerprint density at radius 2 is 1.63 bits per heavy atom. The highest BCUT2D eigenvalue weighted by molar-refractivity contribution is 6.13. The van der Waals surface area contributed by atoms with Gasteiger partial charge in [0.1, 0.15) is 0 Å². The Bertz CT molecular complexity index is 1240. The number of rotatable bonds is 4. The van der Waals surface area contributed by atoms with Gasteiger partial charge in [-0.05, 0) is 53.1 Å². The molecule has 3 aromatic carbocycles. The maximum Gasteiger partial charge on any atom is 0.337 e. The summed E-state index contributed by atoms with van der Waals surface area (Å²) in [6, 6.07) is 12.0. The van der Waals surface area contributed by atoms with Crippen LogP contribution in [0.15, 0.2) is 54.6 Å². The number of carboxylic acids is 1. The van der Waals surface area contributed by atoms with E-state index >= 15 is 0 Å². The Labute approximate surface area is 169 Å². The highest BCUT2D eigenvalue weighted by Gasteiger charge is 2.32. The van der Waals surface area contributed by atoms with Crippen molar-refractivity contribution in [2.24, 2.45) is 5.73 Å². The number of hydrogen-bond donors (Lipinski definition) is 2. The molecule has 1 heterocycles. The summed E-state index contributed by atoms with van der Waals surface area (Å²) in [5.41, 5.74) is 7.01. The van der Waals surface area contributed by atoms with Crippen molar-refractivity contribution < 1.29 is 28.3 Å². The quantitative estimate of drug-likeness (QED) is 0.689. The molecule has 1 aliphatic rings. The van der Waals surface area contributed by atoms with Crippen LogP contribution >= 0.6 is 0 Å². The second-order valence-corrected chi connectivity index (χ2v) is 6.79. The lowest BCUT2D eigenvalue weighted by molar-refractivity contribution is 0.0697. The van der Waals surface area contributed by atoms with Gasteiger partial charge in [0.15, 0.2) is 11.6 Å². The highest BCUT2D eigenvalue weighted by atomic mass is 19.2. The lowest BCUT2D eigenvalue weighted by atomic mass is 10.0.